The maximum Gasteiger partial charge on any atom is 0.330 e. The number of rotatable bonds is 3. The molecule has 0 atom stereocenters. The molecule has 0 radical (unpaired) electrons. The molecule has 0 aliphatic carbocycles. The third-order valence-corrected chi connectivity index (χ3v) is 1.93. The number of ether oxygens (including phenoxy) is 1. The van der Waals surface area contributed by atoms with E-state index in [0.717, 1.165) is 16.1 Å². The molecule has 1 aromatic rings. The van der Waals surface area contributed by atoms with Gasteiger partial charge in [-0.3, -0.25) is 0 Å². The van der Waals surface area contributed by atoms with Gasteiger partial charge in [-0.25, -0.2) is 4.79 Å². The van der Waals surface area contributed by atoms with Crippen LogP contribution in [0.25, 0.3) is 0 Å². The summed E-state index contributed by atoms with van der Waals surface area (Å²) in [4.78, 5) is 10.7. The van der Waals surface area contributed by atoms with Gasteiger partial charge in [-0.2, -0.15) is 0 Å². The van der Waals surface area contributed by atoms with Crippen LogP contribution in [0.1, 0.15) is 5.56 Å². The zero-order valence-corrected chi connectivity index (χ0v) is 8.58. The highest BCUT2D eigenvalue weighted by atomic mass is 79.9. The Labute approximate surface area is 85.3 Å². The standard InChI is InChI=1S/C10H9BrO2/c1-2-10(12)13-7-8-4-3-5-9(11)6-8/h2-6H,1,7H2. The molecule has 0 aliphatic heterocycles. The molecule has 68 valence electrons. The van der Waals surface area contributed by atoms with Crippen molar-refractivity contribution >= 4 is 21.9 Å². The van der Waals surface area contributed by atoms with Gasteiger partial charge in [0.15, 0.2) is 0 Å². The Hall–Kier alpha value is -1.09. The third kappa shape index (κ3) is 3.42. The average Bonchev–Trinajstić information content (AvgIpc) is 2.14. The summed E-state index contributed by atoms with van der Waals surface area (Å²) in [5, 5.41) is 0. The van der Waals surface area contributed by atoms with Crippen molar-refractivity contribution in [2.24, 2.45) is 0 Å². The van der Waals surface area contributed by atoms with Gasteiger partial charge in [0, 0.05) is 10.5 Å². The van der Waals surface area contributed by atoms with Crippen LogP contribution in [0.4, 0.5) is 0 Å². The summed E-state index contributed by atoms with van der Waals surface area (Å²) in [5.41, 5.74) is 0.949. The number of esters is 1. The van der Waals surface area contributed by atoms with Crippen LogP contribution in [0.5, 0.6) is 0 Å². The van der Waals surface area contributed by atoms with Gasteiger partial charge in [-0.15, -0.1) is 0 Å². The van der Waals surface area contributed by atoms with Crippen LogP contribution in [-0.4, -0.2) is 5.97 Å². The molecule has 0 saturated carbocycles. The number of benzene rings is 1. The number of hydrogen-bond acceptors (Lipinski definition) is 2. The summed E-state index contributed by atoms with van der Waals surface area (Å²) in [7, 11) is 0. The number of hydrogen-bond donors (Lipinski definition) is 0. The third-order valence-electron chi connectivity index (χ3n) is 1.44. The Morgan fingerprint density at radius 2 is 2.38 bits per heavy atom. The Bertz CT molecular complexity index is 320. The lowest BCUT2D eigenvalue weighted by Crippen LogP contribution is -1.99. The van der Waals surface area contributed by atoms with Gasteiger partial charge < -0.3 is 4.74 Å². The molecule has 2 nitrogen and oxygen atoms in total. The predicted octanol–water partition coefficient (Wildman–Crippen LogP) is 2.68. The van der Waals surface area contributed by atoms with E-state index in [9.17, 15) is 4.79 Å². The van der Waals surface area contributed by atoms with Gasteiger partial charge in [0.2, 0.25) is 0 Å². The van der Waals surface area contributed by atoms with Gasteiger partial charge in [0.25, 0.3) is 0 Å². The number of carbonyl (C=O) groups is 1. The molecule has 1 aromatic carbocycles. The average molecular weight is 241 g/mol. The van der Waals surface area contributed by atoms with Crippen LogP contribution in [0, 0.1) is 0 Å². The van der Waals surface area contributed by atoms with Gasteiger partial charge in [0.1, 0.15) is 6.61 Å². The quantitative estimate of drug-likeness (QED) is 0.600. The first kappa shape index (κ1) is 9.99. The maximum absolute atomic E-state index is 10.7. The van der Waals surface area contributed by atoms with Gasteiger partial charge >= 0.3 is 5.97 Å². The summed E-state index contributed by atoms with van der Waals surface area (Å²) in [6, 6.07) is 7.59. The lowest BCUT2D eigenvalue weighted by atomic mass is 10.2. The van der Waals surface area contributed by atoms with Crippen molar-refractivity contribution in [1.82, 2.24) is 0 Å². The SMILES string of the molecule is C=CC(=O)OCc1cccc(Br)c1. The second-order valence-corrected chi connectivity index (χ2v) is 3.36. The van der Waals surface area contributed by atoms with Crippen molar-refractivity contribution in [2.45, 2.75) is 6.61 Å². The normalized spacial score (nSPS) is 9.31. The van der Waals surface area contributed by atoms with Crippen LogP contribution in [0.15, 0.2) is 41.4 Å². The Morgan fingerprint density at radius 1 is 1.62 bits per heavy atom. The first-order valence-corrected chi connectivity index (χ1v) is 4.55. The highest BCUT2D eigenvalue weighted by Crippen LogP contribution is 2.12. The van der Waals surface area contributed by atoms with Crippen molar-refractivity contribution in [2.75, 3.05) is 0 Å². The van der Waals surface area contributed by atoms with Crippen molar-refractivity contribution in [3.8, 4) is 0 Å². The van der Waals surface area contributed by atoms with E-state index < -0.39 is 5.97 Å². The highest BCUT2D eigenvalue weighted by molar-refractivity contribution is 9.10. The smallest absolute Gasteiger partial charge is 0.330 e. The minimum atomic E-state index is -0.403. The molecule has 0 heterocycles. The molecule has 13 heavy (non-hydrogen) atoms. The molecule has 0 aliphatic rings. The summed E-state index contributed by atoms with van der Waals surface area (Å²) in [6.45, 7) is 3.59. The van der Waals surface area contributed by atoms with Crippen LogP contribution in [-0.2, 0) is 16.1 Å². The minimum absolute atomic E-state index is 0.282. The highest BCUT2D eigenvalue weighted by Gasteiger charge is 1.97. The Kier molecular flexibility index (Phi) is 3.71. The van der Waals surface area contributed by atoms with E-state index in [1.807, 2.05) is 24.3 Å². The number of carbonyl (C=O) groups excluding carboxylic acids is 1. The fourth-order valence-electron chi connectivity index (χ4n) is 0.840. The lowest BCUT2D eigenvalue weighted by molar-refractivity contribution is -0.138. The van der Waals surface area contributed by atoms with E-state index >= 15 is 0 Å². The van der Waals surface area contributed by atoms with Crippen molar-refractivity contribution < 1.29 is 9.53 Å². The fourth-order valence-corrected chi connectivity index (χ4v) is 1.29. The summed E-state index contributed by atoms with van der Waals surface area (Å²) >= 11 is 3.33. The number of halogens is 1. The van der Waals surface area contributed by atoms with E-state index in [0.29, 0.717) is 0 Å². The largest absolute Gasteiger partial charge is 0.458 e. The molecule has 0 fully saturated rings. The topological polar surface area (TPSA) is 26.3 Å². The van der Waals surface area contributed by atoms with Gasteiger partial charge in [0.05, 0.1) is 0 Å². The van der Waals surface area contributed by atoms with E-state index in [2.05, 4.69) is 22.5 Å². The molecular formula is C10H9BrO2. The molecule has 1 rings (SSSR count). The van der Waals surface area contributed by atoms with Crippen molar-refractivity contribution in [3.05, 3.63) is 47.0 Å². The molecule has 0 aromatic heterocycles. The molecule has 0 N–H and O–H groups in total. The zero-order chi connectivity index (χ0) is 9.68. The molecular weight excluding hydrogens is 232 g/mol. The van der Waals surface area contributed by atoms with E-state index in [-0.39, 0.29) is 6.61 Å². The van der Waals surface area contributed by atoms with Crippen LogP contribution >= 0.6 is 15.9 Å². The molecule has 0 unspecified atom stereocenters. The maximum atomic E-state index is 10.7. The Morgan fingerprint density at radius 3 is 3.00 bits per heavy atom. The van der Waals surface area contributed by atoms with E-state index in [1.54, 1.807) is 0 Å². The van der Waals surface area contributed by atoms with E-state index in [4.69, 9.17) is 4.74 Å². The summed E-state index contributed by atoms with van der Waals surface area (Å²) < 4.78 is 5.83. The second kappa shape index (κ2) is 4.82. The van der Waals surface area contributed by atoms with Crippen LogP contribution < -0.4 is 0 Å². The zero-order valence-electron chi connectivity index (χ0n) is 7.00. The first-order chi connectivity index (χ1) is 6.22. The summed E-state index contributed by atoms with van der Waals surface area (Å²) in [5.74, 6) is -0.403. The van der Waals surface area contributed by atoms with Gasteiger partial charge in [-0.05, 0) is 17.7 Å². The second-order valence-electron chi connectivity index (χ2n) is 2.44. The monoisotopic (exact) mass is 240 g/mol. The molecule has 0 amide bonds. The van der Waals surface area contributed by atoms with Gasteiger partial charge in [-0.1, -0.05) is 34.6 Å². The minimum Gasteiger partial charge on any atom is -0.458 e. The van der Waals surface area contributed by atoms with Crippen molar-refractivity contribution in [3.63, 3.8) is 0 Å². The molecule has 0 spiro atoms. The molecule has 0 saturated heterocycles. The first-order valence-electron chi connectivity index (χ1n) is 3.76. The predicted molar refractivity (Wildman–Crippen MR) is 54.1 cm³/mol. The van der Waals surface area contributed by atoms with Crippen LogP contribution in [0.2, 0.25) is 0 Å². The van der Waals surface area contributed by atoms with E-state index in [1.165, 1.54) is 0 Å². The molecule has 3 heteroatoms. The Balaban J connectivity index is 2.54. The molecule has 0 bridgehead atoms. The lowest BCUT2D eigenvalue weighted by Gasteiger charge is -2.01. The van der Waals surface area contributed by atoms with Crippen LogP contribution in [0.3, 0.4) is 0 Å². The van der Waals surface area contributed by atoms with Crippen molar-refractivity contribution in [1.29, 1.82) is 0 Å². The summed E-state index contributed by atoms with van der Waals surface area (Å²) in [6.07, 6.45) is 1.15. The fraction of sp³-hybridized carbons (Fsp3) is 0.100.